The van der Waals surface area contributed by atoms with Crippen molar-refractivity contribution in [2.24, 2.45) is 5.41 Å². The Labute approximate surface area is 197 Å². The summed E-state index contributed by atoms with van der Waals surface area (Å²) in [5.41, 5.74) is -1.06. The molecule has 3 amide bonds. The van der Waals surface area contributed by atoms with Crippen molar-refractivity contribution in [3.8, 4) is 0 Å². The van der Waals surface area contributed by atoms with E-state index in [0.29, 0.717) is 0 Å². The fraction of sp³-hybridized carbons (Fsp3) is 0.524. The lowest BCUT2D eigenvalue weighted by atomic mass is 10.1. The van der Waals surface area contributed by atoms with Crippen LogP contribution in [0.15, 0.2) is 18.2 Å². The Balaban J connectivity index is 1.38. The van der Waals surface area contributed by atoms with Crippen LogP contribution in [-0.4, -0.2) is 85.9 Å². The fourth-order valence-corrected chi connectivity index (χ4v) is 3.98. The summed E-state index contributed by atoms with van der Waals surface area (Å²) in [5, 5.41) is 12.3. The second-order valence-electron chi connectivity index (χ2n) is 8.41. The van der Waals surface area contributed by atoms with Crippen LogP contribution in [0.5, 0.6) is 0 Å². The molecular formula is C21H23F3N4O7. The summed E-state index contributed by atoms with van der Waals surface area (Å²) in [7, 11) is 0. The lowest BCUT2D eigenvalue weighted by Gasteiger charge is -2.24. The van der Waals surface area contributed by atoms with E-state index in [1.54, 1.807) is 4.90 Å². The van der Waals surface area contributed by atoms with E-state index in [9.17, 15) is 37.5 Å². The van der Waals surface area contributed by atoms with Crippen molar-refractivity contribution in [1.82, 2.24) is 10.4 Å². The van der Waals surface area contributed by atoms with E-state index in [2.05, 4.69) is 0 Å². The minimum Gasteiger partial charge on any atom is -0.480 e. The smallest absolute Gasteiger partial charge is 0.414 e. The maximum absolute atomic E-state index is 15.0. The van der Waals surface area contributed by atoms with Gasteiger partial charge in [0.15, 0.2) is 0 Å². The van der Waals surface area contributed by atoms with Gasteiger partial charge in [-0.05, 0) is 31.0 Å². The van der Waals surface area contributed by atoms with Crippen molar-refractivity contribution in [2.75, 3.05) is 49.1 Å². The van der Waals surface area contributed by atoms with Crippen molar-refractivity contribution < 1.29 is 47.0 Å². The molecule has 2 N–H and O–H groups in total. The van der Waals surface area contributed by atoms with Crippen LogP contribution < -0.4 is 15.1 Å². The van der Waals surface area contributed by atoms with Gasteiger partial charge in [0, 0.05) is 13.1 Å². The minimum atomic E-state index is -3.19. The van der Waals surface area contributed by atoms with Gasteiger partial charge in [0.1, 0.15) is 17.3 Å². The molecule has 35 heavy (non-hydrogen) atoms. The van der Waals surface area contributed by atoms with E-state index >= 15 is 0 Å². The minimum absolute atomic E-state index is 0.0348. The van der Waals surface area contributed by atoms with E-state index in [0.717, 1.165) is 16.0 Å². The van der Waals surface area contributed by atoms with Crippen molar-refractivity contribution >= 4 is 35.3 Å². The van der Waals surface area contributed by atoms with Crippen molar-refractivity contribution in [2.45, 2.75) is 25.4 Å². The number of hydroxylamine groups is 2. The first-order valence-corrected chi connectivity index (χ1v) is 10.9. The number of carboxylic acids is 1. The van der Waals surface area contributed by atoms with Crippen LogP contribution in [-0.2, 0) is 24.0 Å². The quantitative estimate of drug-likeness (QED) is 0.531. The number of nitrogens with zero attached hydrogens (tertiary/aromatic N) is 3. The number of nitrogens with one attached hydrogen (secondary N) is 1. The van der Waals surface area contributed by atoms with Crippen LogP contribution in [0.25, 0.3) is 0 Å². The number of hydrogen-bond acceptors (Lipinski definition) is 7. The highest BCUT2D eigenvalue weighted by molar-refractivity contribution is 6.04. The Morgan fingerprint density at radius 1 is 1.20 bits per heavy atom. The second-order valence-corrected chi connectivity index (χ2v) is 8.41. The number of carboxylic acid groups (broad SMARTS) is 1. The summed E-state index contributed by atoms with van der Waals surface area (Å²) in [6.45, 7) is 0.124. The normalized spacial score (nSPS) is 21.5. The molecule has 2 aliphatic heterocycles. The predicted molar refractivity (Wildman–Crippen MR) is 112 cm³/mol. The van der Waals surface area contributed by atoms with Gasteiger partial charge >= 0.3 is 18.5 Å². The number of rotatable bonds is 7. The number of hydrogen-bond donors (Lipinski definition) is 2. The number of cyclic esters (lactones) is 1. The highest BCUT2D eigenvalue weighted by Crippen LogP contribution is 2.47. The van der Waals surface area contributed by atoms with Crippen molar-refractivity contribution in [3.63, 3.8) is 0 Å². The number of carbonyl (C=O) groups is 4. The molecule has 0 spiro atoms. The van der Waals surface area contributed by atoms with E-state index in [1.165, 1.54) is 12.1 Å². The SMILES string of the molecule is O=C(NCC1CN(c2ccc(N3CCON(C(=O)C4(C(=O)O)CC4)CC3)c(F)c2)C(=O)O1)C(F)F. The fourth-order valence-electron chi connectivity index (χ4n) is 3.98. The van der Waals surface area contributed by atoms with Crippen LogP contribution in [0.3, 0.4) is 0 Å². The van der Waals surface area contributed by atoms with Crippen LogP contribution in [0.2, 0.25) is 0 Å². The molecule has 1 atom stereocenters. The first kappa shape index (κ1) is 24.6. The molecule has 1 aromatic carbocycles. The van der Waals surface area contributed by atoms with E-state index in [-0.39, 0.29) is 63.5 Å². The number of alkyl halides is 2. The van der Waals surface area contributed by atoms with Crippen LogP contribution in [0, 0.1) is 11.2 Å². The summed E-state index contributed by atoms with van der Waals surface area (Å²) in [6.07, 6.45) is -4.37. The Morgan fingerprint density at radius 2 is 1.94 bits per heavy atom. The third kappa shape index (κ3) is 4.97. The zero-order valence-electron chi connectivity index (χ0n) is 18.4. The van der Waals surface area contributed by atoms with E-state index in [1.807, 2.05) is 5.32 Å². The second kappa shape index (κ2) is 9.60. The van der Waals surface area contributed by atoms with Gasteiger partial charge in [-0.2, -0.15) is 8.78 Å². The molecule has 0 aromatic heterocycles. The lowest BCUT2D eigenvalue weighted by Crippen LogP contribution is -2.42. The summed E-state index contributed by atoms with van der Waals surface area (Å²) in [5.74, 6) is -3.94. The topological polar surface area (TPSA) is 129 Å². The average molecular weight is 500 g/mol. The molecule has 14 heteroatoms. The Morgan fingerprint density at radius 3 is 2.57 bits per heavy atom. The first-order valence-electron chi connectivity index (χ1n) is 10.9. The molecule has 11 nitrogen and oxygen atoms in total. The molecule has 1 aliphatic carbocycles. The van der Waals surface area contributed by atoms with Gasteiger partial charge in [-0.1, -0.05) is 0 Å². The summed E-state index contributed by atoms with van der Waals surface area (Å²) in [4.78, 5) is 55.3. The molecule has 1 unspecified atom stereocenters. The third-order valence-electron chi connectivity index (χ3n) is 6.14. The first-order chi connectivity index (χ1) is 16.6. The number of ether oxygens (including phenoxy) is 1. The molecule has 3 fully saturated rings. The van der Waals surface area contributed by atoms with Crippen LogP contribution in [0.4, 0.5) is 29.3 Å². The number of benzene rings is 1. The predicted octanol–water partition coefficient (Wildman–Crippen LogP) is 0.977. The zero-order valence-corrected chi connectivity index (χ0v) is 18.4. The molecule has 1 aromatic rings. The highest BCUT2D eigenvalue weighted by atomic mass is 19.3. The summed E-state index contributed by atoms with van der Waals surface area (Å²) in [6, 6.07) is 4.05. The molecular weight excluding hydrogens is 477 g/mol. The van der Waals surface area contributed by atoms with Gasteiger partial charge < -0.3 is 20.1 Å². The molecule has 3 aliphatic rings. The molecule has 0 bridgehead atoms. The largest absolute Gasteiger partial charge is 0.480 e. The van der Waals surface area contributed by atoms with E-state index < -0.39 is 47.6 Å². The number of anilines is 2. The molecule has 2 heterocycles. The standard InChI is InChI=1S/C21H23F3N4O7/c22-14-9-12(27-11-13(35-20(27)33)10-25-17(29)16(23)24)1-2-15(14)26-5-6-28(34-8-7-26)18(30)21(3-4-21)19(31)32/h1-2,9,13,16H,3-8,10-11H2,(H,25,29)(H,31,32). The maximum atomic E-state index is 15.0. The maximum Gasteiger partial charge on any atom is 0.414 e. The van der Waals surface area contributed by atoms with Gasteiger partial charge in [0.05, 0.1) is 37.6 Å². The molecule has 1 saturated carbocycles. The van der Waals surface area contributed by atoms with Gasteiger partial charge in [0.25, 0.3) is 11.8 Å². The number of aliphatic carboxylic acids is 1. The van der Waals surface area contributed by atoms with Gasteiger partial charge in [-0.25, -0.2) is 14.2 Å². The third-order valence-corrected chi connectivity index (χ3v) is 6.14. The molecule has 2 saturated heterocycles. The zero-order chi connectivity index (χ0) is 25.3. The van der Waals surface area contributed by atoms with Crippen LogP contribution >= 0.6 is 0 Å². The molecule has 190 valence electrons. The van der Waals surface area contributed by atoms with Crippen LogP contribution in [0.1, 0.15) is 12.8 Å². The van der Waals surface area contributed by atoms with E-state index in [4.69, 9.17) is 9.57 Å². The lowest BCUT2D eigenvalue weighted by molar-refractivity contribution is -0.191. The van der Waals surface area contributed by atoms with Gasteiger partial charge in [0.2, 0.25) is 0 Å². The monoisotopic (exact) mass is 500 g/mol. The Bertz CT molecular complexity index is 1040. The number of halogens is 3. The van der Waals surface area contributed by atoms with Crippen molar-refractivity contribution in [1.29, 1.82) is 0 Å². The Kier molecular flexibility index (Phi) is 6.74. The van der Waals surface area contributed by atoms with Gasteiger partial charge in [-0.3, -0.25) is 24.1 Å². The number of carbonyl (C=O) groups excluding carboxylic acids is 3. The summed E-state index contributed by atoms with van der Waals surface area (Å²) < 4.78 is 44.6. The average Bonchev–Trinajstić information content (AvgIpc) is 3.59. The Hall–Kier alpha value is -3.55. The van der Waals surface area contributed by atoms with Gasteiger partial charge in [-0.15, -0.1) is 0 Å². The number of amides is 3. The highest BCUT2D eigenvalue weighted by Gasteiger charge is 2.59. The molecule has 0 radical (unpaired) electrons. The van der Waals surface area contributed by atoms with Crippen molar-refractivity contribution in [3.05, 3.63) is 24.0 Å². The summed E-state index contributed by atoms with van der Waals surface area (Å²) >= 11 is 0. The molecule has 4 rings (SSSR count).